The van der Waals surface area contributed by atoms with Gasteiger partial charge >= 0.3 is 11.7 Å². The molecular formula is C16H20N4O5. The number of aromatic nitrogens is 3. The zero-order valence-electron chi connectivity index (χ0n) is 14.4. The molecule has 0 spiro atoms. The van der Waals surface area contributed by atoms with Gasteiger partial charge in [-0.15, -0.1) is 0 Å². The van der Waals surface area contributed by atoms with E-state index in [-0.39, 0.29) is 29.1 Å². The summed E-state index contributed by atoms with van der Waals surface area (Å²) in [6, 6.07) is 0.325. The fourth-order valence-corrected chi connectivity index (χ4v) is 2.40. The summed E-state index contributed by atoms with van der Waals surface area (Å²) in [5.74, 6) is -1.97. The number of hydrogen-bond acceptors (Lipinski definition) is 5. The van der Waals surface area contributed by atoms with Crippen LogP contribution in [0, 0.1) is 0 Å². The standard InChI is InChI=1S/C16H20N4O5/c1-5-20-12-11(14(22)19-16(20)25)9(6-10(18-12)7(2)3)13(21)17-8(4)15(23)24/h6-8H,5H2,1-4H3,(H,17,21)(H,23,24)(H,19,22,25)/t8-/m1/s1. The van der Waals surface area contributed by atoms with Gasteiger partial charge in [0.1, 0.15) is 6.04 Å². The Kier molecular flexibility index (Phi) is 5.05. The van der Waals surface area contributed by atoms with Gasteiger partial charge in [0.25, 0.3) is 11.5 Å². The number of nitrogens with one attached hydrogen (secondary N) is 2. The number of rotatable bonds is 5. The molecule has 0 aromatic carbocycles. The molecule has 2 rings (SSSR count). The molecule has 2 aromatic rings. The second kappa shape index (κ2) is 6.88. The summed E-state index contributed by atoms with van der Waals surface area (Å²) < 4.78 is 1.26. The first-order valence-corrected chi connectivity index (χ1v) is 7.88. The molecule has 0 unspecified atom stereocenters. The fraction of sp³-hybridized carbons (Fsp3) is 0.438. The second-order valence-electron chi connectivity index (χ2n) is 5.98. The van der Waals surface area contributed by atoms with Crippen LogP contribution in [0.25, 0.3) is 11.0 Å². The molecule has 0 aliphatic carbocycles. The number of H-pyrrole nitrogens is 1. The molecule has 1 atom stereocenters. The van der Waals surface area contributed by atoms with Crippen LogP contribution in [-0.4, -0.2) is 37.6 Å². The summed E-state index contributed by atoms with van der Waals surface area (Å²) in [5.41, 5.74) is -0.729. The number of carbonyl (C=O) groups is 2. The Morgan fingerprint density at radius 2 is 1.96 bits per heavy atom. The maximum absolute atomic E-state index is 12.5. The maximum atomic E-state index is 12.5. The minimum atomic E-state index is -1.20. The van der Waals surface area contributed by atoms with Gasteiger partial charge < -0.3 is 10.4 Å². The van der Waals surface area contributed by atoms with Crippen molar-refractivity contribution in [2.45, 2.75) is 46.2 Å². The van der Waals surface area contributed by atoms with Gasteiger partial charge in [-0.2, -0.15) is 0 Å². The van der Waals surface area contributed by atoms with Gasteiger partial charge in [0, 0.05) is 12.2 Å². The topological polar surface area (TPSA) is 134 Å². The van der Waals surface area contributed by atoms with Crippen LogP contribution in [0.3, 0.4) is 0 Å². The number of amides is 1. The zero-order valence-corrected chi connectivity index (χ0v) is 14.4. The van der Waals surface area contributed by atoms with E-state index < -0.39 is 29.2 Å². The van der Waals surface area contributed by atoms with Crippen molar-refractivity contribution in [2.24, 2.45) is 0 Å². The largest absolute Gasteiger partial charge is 0.480 e. The Labute approximate surface area is 142 Å². The quantitative estimate of drug-likeness (QED) is 0.717. The molecule has 2 aromatic heterocycles. The van der Waals surface area contributed by atoms with Gasteiger partial charge in [-0.1, -0.05) is 13.8 Å². The van der Waals surface area contributed by atoms with E-state index in [1.807, 2.05) is 13.8 Å². The molecule has 0 fully saturated rings. The number of carbonyl (C=O) groups excluding carboxylic acids is 1. The monoisotopic (exact) mass is 348 g/mol. The molecule has 0 bridgehead atoms. The molecule has 0 saturated heterocycles. The number of aliphatic carboxylic acids is 1. The van der Waals surface area contributed by atoms with E-state index in [2.05, 4.69) is 15.3 Å². The summed E-state index contributed by atoms with van der Waals surface area (Å²) in [6.07, 6.45) is 0. The van der Waals surface area contributed by atoms with Crippen LogP contribution >= 0.6 is 0 Å². The lowest BCUT2D eigenvalue weighted by Gasteiger charge is -2.15. The number of carboxylic acids is 1. The third kappa shape index (κ3) is 3.44. The number of fused-ring (bicyclic) bond motifs is 1. The number of carboxylic acid groups (broad SMARTS) is 1. The summed E-state index contributed by atoms with van der Waals surface area (Å²) in [4.78, 5) is 54.4. The SMILES string of the molecule is CCn1c(=O)[nH]c(=O)c2c(C(=O)N[C@H](C)C(=O)O)cc(C(C)C)nc21. The van der Waals surface area contributed by atoms with Gasteiger partial charge in [0.15, 0.2) is 5.65 Å². The molecule has 0 aliphatic rings. The van der Waals surface area contributed by atoms with Gasteiger partial charge in [0.2, 0.25) is 0 Å². The van der Waals surface area contributed by atoms with Crippen LogP contribution in [0.15, 0.2) is 15.7 Å². The average molecular weight is 348 g/mol. The van der Waals surface area contributed by atoms with Crippen LogP contribution in [0.4, 0.5) is 0 Å². The van der Waals surface area contributed by atoms with Crippen molar-refractivity contribution >= 4 is 22.9 Å². The first kappa shape index (κ1) is 18.4. The molecule has 9 heteroatoms. The number of aryl methyl sites for hydroxylation is 1. The highest BCUT2D eigenvalue weighted by atomic mass is 16.4. The molecule has 25 heavy (non-hydrogen) atoms. The first-order valence-electron chi connectivity index (χ1n) is 7.88. The lowest BCUT2D eigenvalue weighted by Crippen LogP contribution is -2.39. The predicted octanol–water partition coefficient (Wildman–Crippen LogP) is 0.431. The molecule has 2 heterocycles. The van der Waals surface area contributed by atoms with Crippen LogP contribution in [0.1, 0.15) is 49.7 Å². The van der Waals surface area contributed by atoms with Crippen LogP contribution in [0.2, 0.25) is 0 Å². The number of pyridine rings is 1. The first-order chi connectivity index (χ1) is 11.7. The summed E-state index contributed by atoms with van der Waals surface area (Å²) in [6.45, 7) is 7.01. The van der Waals surface area contributed by atoms with E-state index in [1.54, 1.807) is 6.92 Å². The number of hydrogen-bond donors (Lipinski definition) is 3. The minimum absolute atomic E-state index is 0.00903. The van der Waals surface area contributed by atoms with Crippen LogP contribution in [0.5, 0.6) is 0 Å². The van der Waals surface area contributed by atoms with Crippen molar-refractivity contribution in [3.8, 4) is 0 Å². The van der Waals surface area contributed by atoms with E-state index in [0.717, 1.165) is 0 Å². The van der Waals surface area contributed by atoms with Crippen molar-refractivity contribution in [1.82, 2.24) is 19.9 Å². The molecule has 3 N–H and O–H groups in total. The van der Waals surface area contributed by atoms with Crippen molar-refractivity contribution in [3.63, 3.8) is 0 Å². The van der Waals surface area contributed by atoms with Crippen molar-refractivity contribution in [2.75, 3.05) is 0 Å². The molecular weight excluding hydrogens is 328 g/mol. The highest BCUT2D eigenvalue weighted by Gasteiger charge is 2.22. The van der Waals surface area contributed by atoms with E-state index in [0.29, 0.717) is 5.69 Å². The van der Waals surface area contributed by atoms with Gasteiger partial charge in [-0.3, -0.25) is 23.9 Å². The third-order valence-corrected chi connectivity index (χ3v) is 3.84. The maximum Gasteiger partial charge on any atom is 0.329 e. The Morgan fingerprint density at radius 1 is 1.32 bits per heavy atom. The third-order valence-electron chi connectivity index (χ3n) is 3.84. The molecule has 1 amide bonds. The van der Waals surface area contributed by atoms with E-state index in [9.17, 15) is 19.2 Å². The summed E-state index contributed by atoms with van der Waals surface area (Å²) >= 11 is 0. The van der Waals surface area contributed by atoms with Crippen LogP contribution in [-0.2, 0) is 11.3 Å². The van der Waals surface area contributed by atoms with E-state index in [1.165, 1.54) is 17.6 Å². The number of nitrogens with zero attached hydrogens (tertiary/aromatic N) is 2. The van der Waals surface area contributed by atoms with Gasteiger partial charge in [0.05, 0.1) is 10.9 Å². The van der Waals surface area contributed by atoms with Gasteiger partial charge in [-0.05, 0) is 25.8 Å². The zero-order chi connectivity index (χ0) is 18.9. The van der Waals surface area contributed by atoms with Crippen molar-refractivity contribution in [1.29, 1.82) is 0 Å². The predicted molar refractivity (Wildman–Crippen MR) is 91.0 cm³/mol. The van der Waals surface area contributed by atoms with Crippen molar-refractivity contribution < 1.29 is 14.7 Å². The molecule has 0 saturated carbocycles. The smallest absolute Gasteiger partial charge is 0.329 e. The lowest BCUT2D eigenvalue weighted by molar-refractivity contribution is -0.138. The fourth-order valence-electron chi connectivity index (χ4n) is 2.40. The Balaban J connectivity index is 2.82. The number of aromatic amines is 1. The summed E-state index contributed by atoms with van der Waals surface area (Å²) in [7, 11) is 0. The average Bonchev–Trinajstić information content (AvgIpc) is 2.53. The molecule has 0 radical (unpaired) electrons. The highest BCUT2D eigenvalue weighted by Crippen LogP contribution is 2.19. The van der Waals surface area contributed by atoms with Crippen LogP contribution < -0.4 is 16.6 Å². The van der Waals surface area contributed by atoms with Crippen molar-refractivity contribution in [3.05, 3.63) is 38.2 Å². The highest BCUT2D eigenvalue weighted by molar-refractivity contribution is 6.06. The molecule has 0 aliphatic heterocycles. The van der Waals surface area contributed by atoms with E-state index >= 15 is 0 Å². The second-order valence-corrected chi connectivity index (χ2v) is 5.98. The Bertz CT molecular complexity index is 957. The van der Waals surface area contributed by atoms with E-state index in [4.69, 9.17) is 5.11 Å². The lowest BCUT2D eigenvalue weighted by atomic mass is 10.0. The van der Waals surface area contributed by atoms with Gasteiger partial charge in [-0.25, -0.2) is 9.78 Å². The normalized spacial score (nSPS) is 12.4. The molecule has 134 valence electrons. The minimum Gasteiger partial charge on any atom is -0.480 e. The summed E-state index contributed by atoms with van der Waals surface area (Å²) in [5, 5.41) is 11.3. The Morgan fingerprint density at radius 3 is 2.48 bits per heavy atom. The molecule has 9 nitrogen and oxygen atoms in total. The Hall–Kier alpha value is -2.97.